The van der Waals surface area contributed by atoms with Crippen molar-refractivity contribution in [2.75, 3.05) is 37.7 Å². The average Bonchev–Trinajstić information content (AvgIpc) is 3.71. The summed E-state index contributed by atoms with van der Waals surface area (Å²) in [5.74, 6) is -5.39. The van der Waals surface area contributed by atoms with Gasteiger partial charge in [0.15, 0.2) is 5.76 Å². The van der Waals surface area contributed by atoms with E-state index in [9.17, 15) is 26.4 Å². The van der Waals surface area contributed by atoms with Crippen LogP contribution in [0.25, 0.3) is 61.0 Å². The Bertz CT molecular complexity index is 2790. The summed E-state index contributed by atoms with van der Waals surface area (Å²) >= 11 is 0. The number of sulfonamides is 1. The van der Waals surface area contributed by atoms with Crippen molar-refractivity contribution in [3.63, 3.8) is 0 Å². The van der Waals surface area contributed by atoms with Crippen LogP contribution in [-0.4, -0.2) is 73.0 Å². The molecule has 8 rings (SSSR count). The summed E-state index contributed by atoms with van der Waals surface area (Å²) in [6.07, 6.45) is 0.428. The van der Waals surface area contributed by atoms with Gasteiger partial charge in [0, 0.05) is 68.5 Å². The van der Waals surface area contributed by atoms with E-state index < -0.39 is 39.3 Å². The van der Waals surface area contributed by atoms with Crippen molar-refractivity contribution in [2.45, 2.75) is 25.3 Å². The van der Waals surface area contributed by atoms with E-state index in [2.05, 4.69) is 5.32 Å². The standard InChI is InChI=1S/C38H31F5N6O4S/c1-44-37(50)34-24-16-23(30(47(2)54(3,51)52)18-32(24)53-36(34)21-8-7-20(39)15-26(21)41)27-9-10-28-35(46-27)31-17-22-25(40)5-4-6-29(22)49(31)33(45-28)19-48-13-11-38(42,43)12-14-48/h4-10,15-18H,11-14,19H2,1-3H3,(H,44,50). The topological polar surface area (TPSA) is 113 Å². The van der Waals surface area contributed by atoms with Crippen LogP contribution in [0.3, 0.4) is 0 Å². The third-order valence-electron chi connectivity index (χ3n) is 9.92. The van der Waals surface area contributed by atoms with Crippen LogP contribution in [0.1, 0.15) is 29.0 Å². The molecule has 0 bridgehead atoms. The number of pyridine rings is 1. The van der Waals surface area contributed by atoms with E-state index in [0.29, 0.717) is 39.3 Å². The molecular formula is C38H31F5N6O4S. The Hall–Kier alpha value is -5.61. The van der Waals surface area contributed by atoms with Crippen molar-refractivity contribution in [2.24, 2.45) is 0 Å². The molecule has 278 valence electrons. The Morgan fingerprint density at radius 3 is 2.39 bits per heavy atom. The molecule has 54 heavy (non-hydrogen) atoms. The number of anilines is 1. The van der Waals surface area contributed by atoms with E-state index in [1.54, 1.807) is 34.7 Å². The quantitative estimate of drug-likeness (QED) is 0.167. The van der Waals surface area contributed by atoms with Crippen LogP contribution >= 0.6 is 0 Å². The number of furan rings is 1. The maximum Gasteiger partial charge on any atom is 0.255 e. The second-order valence-corrected chi connectivity index (χ2v) is 15.4. The number of likely N-dealkylation sites (tertiary alicyclic amines) is 1. The Morgan fingerprint density at radius 2 is 1.69 bits per heavy atom. The SMILES string of the molecule is CNC(=O)c1c(-c2ccc(F)cc2F)oc2cc(N(C)S(C)(=O)=O)c(-c3ccc4nc(CN5CCC(F)(F)CC5)n5c6cccc(F)c6cc5c4n3)cc12. The Morgan fingerprint density at radius 1 is 0.926 bits per heavy atom. The number of benzene rings is 3. The maximum absolute atomic E-state index is 15.3. The second kappa shape index (κ2) is 12.8. The zero-order valence-electron chi connectivity index (χ0n) is 29.1. The summed E-state index contributed by atoms with van der Waals surface area (Å²) in [4.78, 5) is 25.1. The minimum Gasteiger partial charge on any atom is -0.455 e. The van der Waals surface area contributed by atoms with Crippen LogP contribution in [0.5, 0.6) is 0 Å². The first-order chi connectivity index (χ1) is 25.6. The van der Waals surface area contributed by atoms with Gasteiger partial charge in [-0.3, -0.25) is 18.4 Å². The molecule has 1 N–H and O–H groups in total. The number of nitrogens with zero attached hydrogens (tertiary/aromatic N) is 5. The highest BCUT2D eigenvalue weighted by Gasteiger charge is 2.34. The number of halogens is 5. The first-order valence-corrected chi connectivity index (χ1v) is 18.7. The Balaban J connectivity index is 1.37. The van der Waals surface area contributed by atoms with Gasteiger partial charge in [-0.15, -0.1) is 0 Å². The summed E-state index contributed by atoms with van der Waals surface area (Å²) in [6, 6.07) is 15.3. The number of hydrogen-bond acceptors (Lipinski definition) is 7. The molecule has 0 spiro atoms. The van der Waals surface area contributed by atoms with Gasteiger partial charge in [-0.2, -0.15) is 0 Å². The monoisotopic (exact) mass is 762 g/mol. The van der Waals surface area contributed by atoms with Gasteiger partial charge in [0.1, 0.15) is 34.4 Å². The zero-order chi connectivity index (χ0) is 38.3. The first-order valence-electron chi connectivity index (χ1n) is 16.9. The normalized spacial score (nSPS) is 15.1. The van der Waals surface area contributed by atoms with Crippen LogP contribution in [0.4, 0.5) is 27.6 Å². The largest absolute Gasteiger partial charge is 0.455 e. The van der Waals surface area contributed by atoms with Gasteiger partial charge < -0.3 is 9.73 Å². The molecule has 3 aromatic carbocycles. The number of carbonyl (C=O) groups excluding carboxylic acids is 1. The molecule has 5 heterocycles. The molecule has 0 unspecified atom stereocenters. The van der Waals surface area contributed by atoms with Crippen molar-refractivity contribution in [1.82, 2.24) is 24.6 Å². The fourth-order valence-electron chi connectivity index (χ4n) is 7.05. The molecule has 1 amide bonds. The van der Waals surface area contributed by atoms with E-state index in [-0.39, 0.29) is 77.3 Å². The van der Waals surface area contributed by atoms with Crippen molar-refractivity contribution in [1.29, 1.82) is 0 Å². The third kappa shape index (κ3) is 5.98. The fourth-order valence-corrected chi connectivity index (χ4v) is 7.56. The highest BCUT2D eigenvalue weighted by atomic mass is 32.2. The maximum atomic E-state index is 15.3. The van der Waals surface area contributed by atoms with Crippen molar-refractivity contribution in [3.8, 4) is 22.6 Å². The van der Waals surface area contributed by atoms with E-state index in [4.69, 9.17) is 14.4 Å². The van der Waals surface area contributed by atoms with Gasteiger partial charge in [-0.05, 0) is 48.5 Å². The Kier molecular flexibility index (Phi) is 8.37. The second-order valence-electron chi connectivity index (χ2n) is 13.4. The lowest BCUT2D eigenvalue weighted by atomic mass is 10.0. The van der Waals surface area contributed by atoms with E-state index in [1.807, 2.05) is 4.90 Å². The molecular weight excluding hydrogens is 732 g/mol. The van der Waals surface area contributed by atoms with Crippen molar-refractivity contribution < 1.29 is 39.6 Å². The molecule has 10 nitrogen and oxygen atoms in total. The predicted molar refractivity (Wildman–Crippen MR) is 195 cm³/mol. The van der Waals surface area contributed by atoms with Gasteiger partial charge in [-0.25, -0.2) is 40.3 Å². The van der Waals surface area contributed by atoms with Gasteiger partial charge >= 0.3 is 0 Å². The molecule has 7 aromatic rings. The summed E-state index contributed by atoms with van der Waals surface area (Å²) in [5.41, 5.74) is 2.08. The van der Waals surface area contributed by atoms with E-state index in [1.165, 1.54) is 32.3 Å². The number of hydrogen-bond donors (Lipinski definition) is 1. The summed E-state index contributed by atoms with van der Waals surface area (Å²) in [7, 11) is -1.19. The predicted octanol–water partition coefficient (Wildman–Crippen LogP) is 7.52. The molecule has 1 saturated heterocycles. The van der Waals surface area contributed by atoms with Crippen LogP contribution < -0.4 is 9.62 Å². The van der Waals surface area contributed by atoms with Crippen LogP contribution in [-0.2, 0) is 16.6 Å². The summed E-state index contributed by atoms with van der Waals surface area (Å²) in [5, 5.41) is 3.00. The molecule has 0 atom stereocenters. The summed E-state index contributed by atoms with van der Waals surface area (Å²) in [6.45, 7) is 0.517. The molecule has 16 heteroatoms. The Labute approximate surface area is 304 Å². The van der Waals surface area contributed by atoms with E-state index in [0.717, 1.165) is 22.7 Å². The van der Waals surface area contributed by atoms with Crippen LogP contribution in [0.15, 0.2) is 71.1 Å². The number of nitrogens with one attached hydrogen (secondary N) is 1. The van der Waals surface area contributed by atoms with Crippen molar-refractivity contribution >= 4 is 60.0 Å². The number of amides is 1. The lowest BCUT2D eigenvalue weighted by Gasteiger charge is -2.31. The molecule has 0 radical (unpaired) electrons. The molecule has 4 aromatic heterocycles. The fraction of sp³-hybridized carbons (Fsp3) is 0.237. The number of carbonyl (C=O) groups is 1. The average molecular weight is 763 g/mol. The highest BCUT2D eigenvalue weighted by Crippen LogP contribution is 2.42. The van der Waals surface area contributed by atoms with Gasteiger partial charge in [0.05, 0.1) is 51.9 Å². The molecule has 0 saturated carbocycles. The molecule has 0 aliphatic carbocycles. The number of piperidine rings is 1. The zero-order valence-corrected chi connectivity index (χ0v) is 29.9. The van der Waals surface area contributed by atoms with Crippen molar-refractivity contribution in [3.05, 3.63) is 95.6 Å². The minimum atomic E-state index is -3.90. The third-order valence-corrected chi connectivity index (χ3v) is 11.1. The first kappa shape index (κ1) is 35.4. The lowest BCUT2D eigenvalue weighted by Crippen LogP contribution is -2.39. The molecule has 1 aliphatic rings. The number of aromatic nitrogens is 3. The molecule has 1 aliphatic heterocycles. The summed E-state index contributed by atoms with van der Waals surface area (Å²) < 4.78 is 107. The van der Waals surface area contributed by atoms with E-state index >= 15 is 8.78 Å². The van der Waals surface area contributed by atoms with Gasteiger partial charge in [-0.1, -0.05) is 6.07 Å². The highest BCUT2D eigenvalue weighted by molar-refractivity contribution is 7.92. The lowest BCUT2D eigenvalue weighted by molar-refractivity contribution is -0.0570. The number of rotatable bonds is 7. The smallest absolute Gasteiger partial charge is 0.255 e. The van der Waals surface area contributed by atoms with Crippen LogP contribution in [0.2, 0.25) is 0 Å². The van der Waals surface area contributed by atoms with Gasteiger partial charge in [0.2, 0.25) is 10.0 Å². The minimum absolute atomic E-state index is 0.0415. The number of fused-ring (bicyclic) bond motifs is 6. The van der Waals surface area contributed by atoms with Gasteiger partial charge in [0.25, 0.3) is 11.8 Å². The van der Waals surface area contributed by atoms with Crippen LogP contribution in [0, 0.1) is 17.5 Å². The number of alkyl halides is 2. The molecule has 1 fully saturated rings.